The van der Waals surface area contributed by atoms with Gasteiger partial charge in [0, 0.05) is 35.6 Å². The number of hydrogen-bond acceptors (Lipinski definition) is 3. The second-order valence-corrected chi connectivity index (χ2v) is 4.78. The molecule has 2 aromatic rings. The number of rotatable bonds is 5. The molecule has 0 fully saturated rings. The van der Waals surface area contributed by atoms with Crippen molar-refractivity contribution in [2.75, 3.05) is 17.2 Å². The maximum absolute atomic E-state index is 13.9. The summed E-state index contributed by atoms with van der Waals surface area (Å²) in [5, 5.41) is 0. The lowest BCUT2D eigenvalue weighted by atomic mass is 10.1. The van der Waals surface area contributed by atoms with Gasteiger partial charge in [-0.25, -0.2) is 4.39 Å². The number of nitrogens with zero attached hydrogens (tertiary/aromatic N) is 1. The third-order valence-corrected chi connectivity index (χ3v) is 3.31. The van der Waals surface area contributed by atoms with Crippen molar-refractivity contribution in [3.8, 4) is 0 Å². The molecule has 2 aromatic carbocycles. The van der Waals surface area contributed by atoms with Crippen molar-refractivity contribution in [1.29, 1.82) is 0 Å². The van der Waals surface area contributed by atoms with E-state index in [1.54, 1.807) is 6.07 Å². The summed E-state index contributed by atoms with van der Waals surface area (Å²) >= 11 is 0. The Balaban J connectivity index is 2.30. The normalized spacial score (nSPS) is 10.4. The van der Waals surface area contributed by atoms with Crippen molar-refractivity contribution < 1.29 is 9.18 Å². The fourth-order valence-corrected chi connectivity index (χ4v) is 2.16. The van der Waals surface area contributed by atoms with Crippen LogP contribution in [0.15, 0.2) is 42.5 Å². The van der Waals surface area contributed by atoms with E-state index < -0.39 is 5.91 Å². The number of primary amides is 1. The number of anilines is 2. The summed E-state index contributed by atoms with van der Waals surface area (Å²) in [5.74, 6) is -0.925. The molecule has 1 amide bonds. The average molecular weight is 287 g/mol. The van der Waals surface area contributed by atoms with Crippen LogP contribution >= 0.6 is 0 Å². The minimum absolute atomic E-state index is 0.301. The van der Waals surface area contributed by atoms with Gasteiger partial charge in [0.1, 0.15) is 5.82 Å². The molecule has 2 rings (SSSR count). The lowest BCUT2D eigenvalue weighted by Crippen LogP contribution is -2.23. The number of nitrogen functional groups attached to an aromatic ring is 1. The summed E-state index contributed by atoms with van der Waals surface area (Å²) < 4.78 is 13.9. The van der Waals surface area contributed by atoms with E-state index in [1.165, 1.54) is 18.2 Å². The minimum Gasteiger partial charge on any atom is -0.399 e. The first-order valence-electron chi connectivity index (χ1n) is 6.70. The molecule has 4 N–H and O–H groups in total. The van der Waals surface area contributed by atoms with Gasteiger partial charge < -0.3 is 16.4 Å². The van der Waals surface area contributed by atoms with Gasteiger partial charge in [0.05, 0.1) is 0 Å². The molecule has 0 aromatic heterocycles. The molecule has 0 saturated heterocycles. The number of carbonyl (C=O) groups excluding carboxylic acids is 1. The Labute approximate surface area is 123 Å². The first-order chi connectivity index (χ1) is 10.0. The van der Waals surface area contributed by atoms with Crippen LogP contribution in [0.4, 0.5) is 15.8 Å². The van der Waals surface area contributed by atoms with Crippen molar-refractivity contribution >= 4 is 17.3 Å². The van der Waals surface area contributed by atoms with Crippen molar-refractivity contribution in [2.45, 2.75) is 13.5 Å². The molecule has 0 aliphatic rings. The van der Waals surface area contributed by atoms with Gasteiger partial charge in [-0.05, 0) is 43.3 Å². The van der Waals surface area contributed by atoms with Crippen LogP contribution < -0.4 is 16.4 Å². The van der Waals surface area contributed by atoms with Crippen molar-refractivity contribution in [2.24, 2.45) is 5.73 Å². The zero-order chi connectivity index (χ0) is 15.4. The number of hydrogen-bond donors (Lipinski definition) is 2. The first kappa shape index (κ1) is 14.8. The van der Waals surface area contributed by atoms with Gasteiger partial charge in [-0.1, -0.05) is 6.07 Å². The molecule has 0 unspecified atom stereocenters. The van der Waals surface area contributed by atoms with Crippen LogP contribution in [0.3, 0.4) is 0 Å². The van der Waals surface area contributed by atoms with Gasteiger partial charge in [-0.15, -0.1) is 0 Å². The molecule has 0 atom stereocenters. The average Bonchev–Trinajstić information content (AvgIpc) is 2.46. The molecule has 0 aliphatic carbocycles. The molecule has 0 heterocycles. The second kappa shape index (κ2) is 6.26. The Morgan fingerprint density at radius 2 is 2.00 bits per heavy atom. The van der Waals surface area contributed by atoms with Gasteiger partial charge in [0.25, 0.3) is 0 Å². The van der Waals surface area contributed by atoms with E-state index in [4.69, 9.17) is 11.5 Å². The highest BCUT2D eigenvalue weighted by Crippen LogP contribution is 2.21. The summed E-state index contributed by atoms with van der Waals surface area (Å²) in [6, 6.07) is 11.5. The lowest BCUT2D eigenvalue weighted by Gasteiger charge is -2.24. The summed E-state index contributed by atoms with van der Waals surface area (Å²) in [4.78, 5) is 13.2. The molecule has 0 aliphatic heterocycles. The van der Waals surface area contributed by atoms with Crippen molar-refractivity contribution in [3.63, 3.8) is 0 Å². The Hall–Kier alpha value is -2.56. The van der Waals surface area contributed by atoms with E-state index in [9.17, 15) is 9.18 Å². The molecule has 0 bridgehead atoms. The molecule has 0 radical (unpaired) electrons. The van der Waals surface area contributed by atoms with Gasteiger partial charge in [0.15, 0.2) is 0 Å². The Morgan fingerprint density at radius 3 is 2.62 bits per heavy atom. The van der Waals surface area contributed by atoms with Crippen LogP contribution in [0.2, 0.25) is 0 Å². The van der Waals surface area contributed by atoms with Gasteiger partial charge in [-0.3, -0.25) is 4.79 Å². The van der Waals surface area contributed by atoms with Crippen LogP contribution in [0.1, 0.15) is 22.8 Å². The maximum Gasteiger partial charge on any atom is 0.248 e. The van der Waals surface area contributed by atoms with Crippen LogP contribution in [0, 0.1) is 5.82 Å². The SMILES string of the molecule is CCN(Cc1cc(C(N)=O)ccc1F)c1cccc(N)c1. The minimum atomic E-state index is -0.566. The maximum atomic E-state index is 13.9. The molecule has 0 saturated carbocycles. The van der Waals surface area contributed by atoms with Gasteiger partial charge in [-0.2, -0.15) is 0 Å². The van der Waals surface area contributed by atoms with Crippen molar-refractivity contribution in [1.82, 2.24) is 0 Å². The zero-order valence-corrected chi connectivity index (χ0v) is 11.8. The largest absolute Gasteiger partial charge is 0.399 e. The van der Waals surface area contributed by atoms with Gasteiger partial charge in [0.2, 0.25) is 5.91 Å². The predicted octanol–water partition coefficient (Wildman–Crippen LogP) is 2.53. The van der Waals surface area contributed by atoms with Crippen LogP contribution in [0.5, 0.6) is 0 Å². The van der Waals surface area contributed by atoms with Crippen molar-refractivity contribution in [3.05, 3.63) is 59.4 Å². The van der Waals surface area contributed by atoms with E-state index in [2.05, 4.69) is 0 Å². The Kier molecular flexibility index (Phi) is 4.42. The molecule has 21 heavy (non-hydrogen) atoms. The van der Waals surface area contributed by atoms with E-state index in [0.717, 1.165) is 5.69 Å². The fraction of sp³-hybridized carbons (Fsp3) is 0.188. The lowest BCUT2D eigenvalue weighted by molar-refractivity contribution is 0.1000. The third kappa shape index (κ3) is 3.51. The van der Waals surface area contributed by atoms with Gasteiger partial charge >= 0.3 is 0 Å². The van der Waals surface area contributed by atoms with Crippen LogP contribution in [-0.4, -0.2) is 12.5 Å². The monoisotopic (exact) mass is 287 g/mol. The number of nitrogens with two attached hydrogens (primary N) is 2. The molecule has 110 valence electrons. The van der Waals surface area contributed by atoms with E-state index >= 15 is 0 Å². The molecular formula is C16H18FN3O. The summed E-state index contributed by atoms with van der Waals surface area (Å²) in [7, 11) is 0. The highest BCUT2D eigenvalue weighted by atomic mass is 19.1. The standard InChI is InChI=1S/C16H18FN3O/c1-2-20(14-5-3-4-13(18)9-14)10-12-8-11(16(19)21)6-7-15(12)17/h3-9H,2,10,18H2,1H3,(H2,19,21). The Morgan fingerprint density at radius 1 is 1.24 bits per heavy atom. The predicted molar refractivity (Wildman–Crippen MR) is 82.5 cm³/mol. The number of benzene rings is 2. The summed E-state index contributed by atoms with van der Waals surface area (Å²) in [6.07, 6.45) is 0. The first-order valence-corrected chi connectivity index (χ1v) is 6.70. The highest BCUT2D eigenvalue weighted by Gasteiger charge is 2.11. The molecule has 5 heteroatoms. The quantitative estimate of drug-likeness (QED) is 0.830. The zero-order valence-electron chi connectivity index (χ0n) is 11.8. The third-order valence-electron chi connectivity index (χ3n) is 3.31. The number of carbonyl (C=O) groups is 1. The van der Waals surface area contributed by atoms with E-state index in [0.29, 0.717) is 29.9 Å². The fourth-order valence-electron chi connectivity index (χ4n) is 2.16. The number of amides is 1. The second-order valence-electron chi connectivity index (χ2n) is 4.78. The molecule has 0 spiro atoms. The molecule has 4 nitrogen and oxygen atoms in total. The topological polar surface area (TPSA) is 72.3 Å². The van der Waals surface area contributed by atoms with E-state index in [1.807, 2.05) is 30.0 Å². The summed E-state index contributed by atoms with van der Waals surface area (Å²) in [6.45, 7) is 3.00. The van der Waals surface area contributed by atoms with Crippen LogP contribution in [0.25, 0.3) is 0 Å². The van der Waals surface area contributed by atoms with E-state index in [-0.39, 0.29) is 5.82 Å². The number of halogens is 1. The Bertz CT molecular complexity index is 658. The van der Waals surface area contributed by atoms with Crippen LogP contribution in [-0.2, 0) is 6.54 Å². The highest BCUT2D eigenvalue weighted by molar-refractivity contribution is 5.92. The molecular weight excluding hydrogens is 269 g/mol. The smallest absolute Gasteiger partial charge is 0.248 e. The summed E-state index contributed by atoms with van der Waals surface area (Å²) in [5.41, 5.74) is 13.3.